The molecule has 1 aromatic heterocycles. The Balaban J connectivity index is 1.18. The van der Waals surface area contributed by atoms with Gasteiger partial charge in [0.2, 0.25) is 5.91 Å². The number of methoxy groups -OCH3 is 1. The molecule has 1 aliphatic rings. The molecule has 0 saturated carbocycles. The van der Waals surface area contributed by atoms with E-state index in [0.29, 0.717) is 31.7 Å². The molecule has 3 N–H and O–H groups in total. The van der Waals surface area contributed by atoms with E-state index in [0.717, 1.165) is 45.6 Å². The number of urea groups is 1. The van der Waals surface area contributed by atoms with Crippen LogP contribution in [0.15, 0.2) is 60.9 Å². The second-order valence-corrected chi connectivity index (χ2v) is 10.4. The highest BCUT2D eigenvalue weighted by atomic mass is 19.1. The van der Waals surface area contributed by atoms with Gasteiger partial charge in [-0.3, -0.25) is 4.79 Å². The molecule has 0 unspecified atom stereocenters. The maximum atomic E-state index is 13.9. The van der Waals surface area contributed by atoms with Crippen molar-refractivity contribution < 1.29 is 27.8 Å². The smallest absolute Gasteiger partial charge is 0.322 e. The van der Waals surface area contributed by atoms with Crippen LogP contribution in [0.4, 0.5) is 30.8 Å². The largest absolute Gasteiger partial charge is 0.490 e. The first-order chi connectivity index (χ1) is 21.8. The number of ether oxygens (including phenoxy) is 2. The van der Waals surface area contributed by atoms with Crippen molar-refractivity contribution in [2.75, 3.05) is 44.0 Å². The summed E-state index contributed by atoms with van der Waals surface area (Å²) in [5, 5.41) is 9.15. The Hall–Kier alpha value is -5.28. The SMILES string of the molecule is COCC(=O)NCC#Cc1ccc2ncnc(Nc3ccc(OC4CCN(C(=O)Nc5c(F)cccc5F)CC4)c(C)c3)c2c1. The van der Waals surface area contributed by atoms with E-state index in [-0.39, 0.29) is 25.2 Å². The van der Waals surface area contributed by atoms with Gasteiger partial charge in [0.25, 0.3) is 0 Å². The van der Waals surface area contributed by atoms with Gasteiger partial charge >= 0.3 is 6.03 Å². The average molecular weight is 615 g/mol. The molecule has 232 valence electrons. The van der Waals surface area contributed by atoms with Crippen LogP contribution in [0.2, 0.25) is 0 Å². The van der Waals surface area contributed by atoms with Crippen LogP contribution in [0.1, 0.15) is 24.0 Å². The van der Waals surface area contributed by atoms with E-state index in [1.807, 2.05) is 43.3 Å². The number of benzene rings is 3. The summed E-state index contributed by atoms with van der Waals surface area (Å²) < 4.78 is 38.9. The number of aromatic nitrogens is 2. The Labute approximate surface area is 259 Å². The average Bonchev–Trinajstić information content (AvgIpc) is 3.03. The molecular weight excluding hydrogens is 582 g/mol. The zero-order chi connectivity index (χ0) is 31.8. The molecule has 0 atom stereocenters. The van der Waals surface area contributed by atoms with Gasteiger partial charge in [-0.25, -0.2) is 23.5 Å². The number of nitrogens with one attached hydrogen (secondary N) is 3. The Morgan fingerprint density at radius 3 is 2.56 bits per heavy atom. The summed E-state index contributed by atoms with van der Waals surface area (Å²) in [6.07, 6.45) is 2.52. The number of likely N-dealkylation sites (tertiary alicyclic amines) is 1. The summed E-state index contributed by atoms with van der Waals surface area (Å²) in [6, 6.07) is 14.3. The van der Waals surface area contributed by atoms with Gasteiger partial charge in [0, 0.05) is 49.7 Å². The second-order valence-electron chi connectivity index (χ2n) is 10.4. The molecule has 1 fully saturated rings. The van der Waals surface area contributed by atoms with Crippen LogP contribution in [-0.4, -0.2) is 66.3 Å². The first kappa shape index (κ1) is 31.2. The number of anilines is 3. The van der Waals surface area contributed by atoms with E-state index < -0.39 is 23.4 Å². The zero-order valence-electron chi connectivity index (χ0n) is 24.8. The monoisotopic (exact) mass is 614 g/mol. The Kier molecular flexibility index (Phi) is 10.0. The van der Waals surface area contributed by atoms with Crippen molar-refractivity contribution in [2.24, 2.45) is 0 Å². The molecule has 0 bridgehead atoms. The van der Waals surface area contributed by atoms with Crippen LogP contribution in [0.3, 0.4) is 0 Å². The quantitative estimate of drug-likeness (QED) is 0.235. The van der Waals surface area contributed by atoms with Crippen LogP contribution in [-0.2, 0) is 9.53 Å². The number of amides is 3. The maximum Gasteiger partial charge on any atom is 0.322 e. The highest BCUT2D eigenvalue weighted by Gasteiger charge is 2.25. The van der Waals surface area contributed by atoms with Crippen LogP contribution in [0.5, 0.6) is 5.75 Å². The number of carbonyl (C=O) groups excluding carboxylic acids is 2. The predicted octanol–water partition coefficient (Wildman–Crippen LogP) is 5.15. The lowest BCUT2D eigenvalue weighted by Gasteiger charge is -2.32. The van der Waals surface area contributed by atoms with Gasteiger partial charge in [0.1, 0.15) is 47.9 Å². The van der Waals surface area contributed by atoms with Crippen molar-refractivity contribution in [2.45, 2.75) is 25.9 Å². The zero-order valence-corrected chi connectivity index (χ0v) is 24.8. The number of piperidine rings is 1. The van der Waals surface area contributed by atoms with Crippen LogP contribution < -0.4 is 20.7 Å². The highest BCUT2D eigenvalue weighted by molar-refractivity contribution is 5.92. The van der Waals surface area contributed by atoms with Crippen LogP contribution >= 0.6 is 0 Å². The fourth-order valence-electron chi connectivity index (χ4n) is 4.86. The van der Waals surface area contributed by atoms with Gasteiger partial charge in [-0.1, -0.05) is 17.9 Å². The van der Waals surface area contributed by atoms with Crippen LogP contribution in [0, 0.1) is 30.4 Å². The molecule has 3 aromatic carbocycles. The molecule has 1 saturated heterocycles. The van der Waals surface area contributed by atoms with Gasteiger partial charge in [-0.2, -0.15) is 0 Å². The topological polar surface area (TPSA) is 118 Å². The van der Waals surface area contributed by atoms with Gasteiger partial charge in [0.05, 0.1) is 12.1 Å². The van der Waals surface area contributed by atoms with E-state index in [1.54, 1.807) is 0 Å². The lowest BCUT2D eigenvalue weighted by atomic mass is 10.1. The van der Waals surface area contributed by atoms with Gasteiger partial charge in [-0.05, 0) is 61.0 Å². The molecule has 2 heterocycles. The second kappa shape index (κ2) is 14.5. The number of fused-ring (bicyclic) bond motifs is 1. The first-order valence-corrected chi connectivity index (χ1v) is 14.3. The van der Waals surface area contributed by atoms with E-state index in [2.05, 4.69) is 37.8 Å². The minimum Gasteiger partial charge on any atom is -0.490 e. The predicted molar refractivity (Wildman–Crippen MR) is 166 cm³/mol. The molecular formula is C33H32F2N6O4. The number of hydrogen-bond donors (Lipinski definition) is 3. The minimum atomic E-state index is -0.820. The number of para-hydroxylation sites is 1. The van der Waals surface area contributed by atoms with E-state index in [9.17, 15) is 18.4 Å². The number of carbonyl (C=O) groups is 2. The minimum absolute atomic E-state index is 0.0141. The normalized spacial score (nSPS) is 13.1. The van der Waals surface area contributed by atoms with Crippen molar-refractivity contribution in [3.63, 3.8) is 0 Å². The summed E-state index contributed by atoms with van der Waals surface area (Å²) in [7, 11) is 1.46. The molecule has 1 aliphatic heterocycles. The van der Waals surface area contributed by atoms with Gasteiger partial charge < -0.3 is 30.3 Å². The highest BCUT2D eigenvalue weighted by Crippen LogP contribution is 2.29. The lowest BCUT2D eigenvalue weighted by molar-refractivity contribution is -0.124. The Morgan fingerprint density at radius 1 is 1.04 bits per heavy atom. The van der Waals surface area contributed by atoms with Crippen molar-refractivity contribution in [3.05, 3.63) is 83.7 Å². The molecule has 10 nitrogen and oxygen atoms in total. The van der Waals surface area contributed by atoms with Crippen molar-refractivity contribution in [1.82, 2.24) is 20.2 Å². The molecule has 5 rings (SSSR count). The molecule has 3 amide bonds. The number of hydrogen-bond acceptors (Lipinski definition) is 7. The summed E-state index contributed by atoms with van der Waals surface area (Å²) in [5.41, 5.74) is 2.78. The number of halogens is 2. The van der Waals surface area contributed by atoms with Crippen molar-refractivity contribution in [1.29, 1.82) is 0 Å². The lowest BCUT2D eigenvalue weighted by Crippen LogP contribution is -2.44. The molecule has 4 aromatic rings. The van der Waals surface area contributed by atoms with Gasteiger partial charge in [0.15, 0.2) is 0 Å². The van der Waals surface area contributed by atoms with Gasteiger partial charge in [-0.15, -0.1) is 0 Å². The number of aryl methyl sites for hydroxylation is 1. The fourth-order valence-corrected chi connectivity index (χ4v) is 4.86. The van der Waals surface area contributed by atoms with E-state index in [1.165, 1.54) is 24.4 Å². The van der Waals surface area contributed by atoms with Crippen LogP contribution in [0.25, 0.3) is 10.9 Å². The number of rotatable bonds is 8. The maximum absolute atomic E-state index is 13.9. The standard InChI is InChI=1S/C33H32F2N6O4/c1-21-17-23(39-32-25-18-22(8-10-28(25)37-20-38-32)5-4-14-36-30(42)19-44-2)9-11-29(21)45-24-12-15-41(16-13-24)33(43)40-31-26(34)6-3-7-27(31)35/h3,6-11,17-18,20,24H,12-16,19H2,1-2H3,(H,36,42)(H,40,43)(H,37,38,39). The number of nitrogens with zero attached hydrogens (tertiary/aromatic N) is 3. The molecule has 0 spiro atoms. The van der Waals surface area contributed by atoms with Crippen molar-refractivity contribution >= 4 is 40.0 Å². The molecule has 0 radical (unpaired) electrons. The molecule has 12 heteroatoms. The third-order valence-electron chi connectivity index (χ3n) is 7.17. The molecule has 0 aliphatic carbocycles. The fraction of sp³-hybridized carbons (Fsp3) is 0.273. The Bertz CT molecular complexity index is 1750. The third-order valence-corrected chi connectivity index (χ3v) is 7.17. The first-order valence-electron chi connectivity index (χ1n) is 14.3. The summed E-state index contributed by atoms with van der Waals surface area (Å²) in [5.74, 6) is 5.44. The summed E-state index contributed by atoms with van der Waals surface area (Å²) in [4.78, 5) is 34.4. The van der Waals surface area contributed by atoms with E-state index in [4.69, 9.17) is 9.47 Å². The summed E-state index contributed by atoms with van der Waals surface area (Å²) in [6.45, 7) is 2.92. The third kappa shape index (κ3) is 8.01. The Morgan fingerprint density at radius 2 is 1.82 bits per heavy atom. The molecule has 45 heavy (non-hydrogen) atoms. The van der Waals surface area contributed by atoms with E-state index >= 15 is 0 Å². The summed E-state index contributed by atoms with van der Waals surface area (Å²) >= 11 is 0. The van der Waals surface area contributed by atoms with Crippen molar-refractivity contribution in [3.8, 4) is 17.6 Å².